The number of carbonyl (C=O) groups excluding carboxylic acids is 1. The predicted octanol–water partition coefficient (Wildman–Crippen LogP) is 9.03. The monoisotopic (exact) mass is 480 g/mol. The quantitative estimate of drug-likeness (QED) is 0.0418. The van der Waals surface area contributed by atoms with E-state index in [9.17, 15) is 4.79 Å². The Morgan fingerprint density at radius 2 is 1.24 bits per heavy atom. The summed E-state index contributed by atoms with van der Waals surface area (Å²) in [6, 6.07) is 0. The van der Waals surface area contributed by atoms with Gasteiger partial charge in [-0.2, -0.15) is 0 Å². The molecule has 0 amide bonds. The van der Waals surface area contributed by atoms with Crippen molar-refractivity contribution in [2.75, 3.05) is 19.6 Å². The molecule has 0 spiro atoms. The third-order valence-electron chi connectivity index (χ3n) is 6.47. The zero-order chi connectivity index (χ0) is 25.0. The summed E-state index contributed by atoms with van der Waals surface area (Å²) in [7, 11) is 0. The lowest BCUT2D eigenvalue weighted by atomic mass is 10.0. The van der Waals surface area contributed by atoms with Crippen molar-refractivity contribution in [1.82, 2.24) is 5.32 Å². The Hall–Kier alpha value is -1.26. The van der Waals surface area contributed by atoms with Gasteiger partial charge in [-0.1, -0.05) is 102 Å². The average Bonchev–Trinajstić information content (AvgIpc) is 2.83. The summed E-state index contributed by atoms with van der Waals surface area (Å²) in [5, 5.41) is 6.91. The molecule has 0 rings (SSSR count). The third-order valence-corrected chi connectivity index (χ3v) is 6.47. The Balaban J connectivity index is 3.88. The number of nitrogens with one attached hydrogen (secondary N) is 1. The maximum Gasteiger partial charge on any atom is 0.306 e. The second-order valence-electron chi connectivity index (χ2n) is 9.80. The summed E-state index contributed by atoms with van der Waals surface area (Å²) < 4.78 is 5.93. The summed E-state index contributed by atoms with van der Waals surface area (Å²) >= 11 is 0. The van der Waals surface area contributed by atoms with Gasteiger partial charge in [-0.15, -0.1) is 0 Å². The molecule has 0 unspecified atom stereocenters. The van der Waals surface area contributed by atoms with Crippen molar-refractivity contribution < 1.29 is 9.53 Å². The van der Waals surface area contributed by atoms with Crippen molar-refractivity contribution in [3.05, 3.63) is 10.4 Å². The average molecular weight is 481 g/mol. The summed E-state index contributed by atoms with van der Waals surface area (Å²) in [4.78, 5) is 15.2. The molecular formula is C28H56N4O2. The van der Waals surface area contributed by atoms with E-state index in [4.69, 9.17) is 10.3 Å². The molecule has 0 fully saturated rings. The van der Waals surface area contributed by atoms with Gasteiger partial charge in [0.2, 0.25) is 0 Å². The number of esters is 1. The van der Waals surface area contributed by atoms with Crippen molar-refractivity contribution in [3.8, 4) is 0 Å². The first-order valence-corrected chi connectivity index (χ1v) is 14.7. The van der Waals surface area contributed by atoms with Gasteiger partial charge >= 0.3 is 5.97 Å². The van der Waals surface area contributed by atoms with Crippen LogP contribution in [0.3, 0.4) is 0 Å². The van der Waals surface area contributed by atoms with Crippen LogP contribution in [0, 0.1) is 0 Å². The Kier molecular flexibility index (Phi) is 26.9. The molecule has 0 saturated heterocycles. The highest BCUT2D eigenvalue weighted by Crippen LogP contribution is 2.18. The minimum absolute atomic E-state index is 0.0173. The van der Waals surface area contributed by atoms with Crippen LogP contribution in [-0.4, -0.2) is 31.7 Å². The molecule has 200 valence electrons. The second kappa shape index (κ2) is 28.0. The van der Waals surface area contributed by atoms with Gasteiger partial charge in [-0.25, -0.2) is 0 Å². The highest BCUT2D eigenvalue weighted by atomic mass is 16.5. The van der Waals surface area contributed by atoms with E-state index < -0.39 is 0 Å². The van der Waals surface area contributed by atoms with E-state index >= 15 is 0 Å². The second-order valence-corrected chi connectivity index (χ2v) is 9.80. The number of ether oxygens (including phenoxy) is 1. The van der Waals surface area contributed by atoms with Gasteiger partial charge in [-0.05, 0) is 63.6 Å². The maximum absolute atomic E-state index is 12.4. The number of nitrogens with zero attached hydrogens (tertiary/aromatic N) is 3. The van der Waals surface area contributed by atoms with E-state index in [1.807, 2.05) is 0 Å². The molecule has 0 aromatic heterocycles. The van der Waals surface area contributed by atoms with Crippen LogP contribution in [-0.2, 0) is 9.53 Å². The molecule has 0 aliphatic heterocycles. The molecule has 0 atom stereocenters. The van der Waals surface area contributed by atoms with Gasteiger partial charge in [0.25, 0.3) is 0 Å². The lowest BCUT2D eigenvalue weighted by Gasteiger charge is -2.18. The smallest absolute Gasteiger partial charge is 0.306 e. The number of rotatable bonds is 27. The molecule has 0 aliphatic carbocycles. The number of unbranched alkanes of at least 4 members (excludes halogenated alkanes) is 14. The first kappa shape index (κ1) is 32.7. The van der Waals surface area contributed by atoms with Crippen LogP contribution < -0.4 is 5.32 Å². The van der Waals surface area contributed by atoms with Crippen LogP contribution in [0.25, 0.3) is 10.4 Å². The fraction of sp³-hybridized carbons (Fsp3) is 0.964. The Morgan fingerprint density at radius 3 is 1.82 bits per heavy atom. The Labute approximate surface area is 211 Å². The summed E-state index contributed by atoms with van der Waals surface area (Å²) in [5.41, 5.74) is 8.23. The lowest BCUT2D eigenvalue weighted by Crippen LogP contribution is -2.18. The molecule has 0 aromatic rings. The van der Waals surface area contributed by atoms with Crippen molar-refractivity contribution in [2.24, 2.45) is 5.11 Å². The SMILES string of the molecule is CCCCCCCCC(CCCCCCCC)OC(=O)CCCCCCCNCCCN=[N+]=[N-]. The van der Waals surface area contributed by atoms with E-state index in [-0.39, 0.29) is 12.1 Å². The summed E-state index contributed by atoms with van der Waals surface area (Å²) in [6.45, 7) is 7.00. The van der Waals surface area contributed by atoms with Crippen LogP contribution >= 0.6 is 0 Å². The zero-order valence-corrected chi connectivity index (χ0v) is 22.7. The predicted molar refractivity (Wildman–Crippen MR) is 145 cm³/mol. The number of azide groups is 1. The normalized spacial score (nSPS) is 11.0. The highest BCUT2D eigenvalue weighted by molar-refractivity contribution is 5.69. The van der Waals surface area contributed by atoms with Crippen molar-refractivity contribution >= 4 is 5.97 Å². The fourth-order valence-electron chi connectivity index (χ4n) is 4.31. The van der Waals surface area contributed by atoms with Crippen molar-refractivity contribution in [2.45, 2.75) is 155 Å². The lowest BCUT2D eigenvalue weighted by molar-refractivity contribution is -0.150. The van der Waals surface area contributed by atoms with E-state index in [2.05, 4.69) is 29.2 Å². The molecule has 0 bridgehead atoms. The van der Waals surface area contributed by atoms with Crippen molar-refractivity contribution in [3.63, 3.8) is 0 Å². The first-order valence-electron chi connectivity index (χ1n) is 14.7. The maximum atomic E-state index is 12.4. The molecule has 1 N–H and O–H groups in total. The molecule has 34 heavy (non-hydrogen) atoms. The van der Waals surface area contributed by atoms with Gasteiger partial charge in [0.15, 0.2) is 0 Å². The van der Waals surface area contributed by atoms with E-state index in [0.29, 0.717) is 13.0 Å². The summed E-state index contributed by atoms with van der Waals surface area (Å²) in [6.07, 6.45) is 24.7. The zero-order valence-electron chi connectivity index (χ0n) is 22.7. The summed E-state index contributed by atoms with van der Waals surface area (Å²) in [5.74, 6) is 0.0173. The van der Waals surface area contributed by atoms with Gasteiger partial charge in [-0.3, -0.25) is 4.79 Å². The molecule has 0 aliphatic rings. The van der Waals surface area contributed by atoms with Crippen LogP contribution in [0.4, 0.5) is 0 Å². The van der Waals surface area contributed by atoms with Crippen LogP contribution in [0.15, 0.2) is 5.11 Å². The minimum Gasteiger partial charge on any atom is -0.462 e. The van der Waals surface area contributed by atoms with Gasteiger partial charge in [0, 0.05) is 17.9 Å². The van der Waals surface area contributed by atoms with Crippen LogP contribution in [0.5, 0.6) is 0 Å². The van der Waals surface area contributed by atoms with Gasteiger partial charge < -0.3 is 10.1 Å². The largest absolute Gasteiger partial charge is 0.462 e. The fourth-order valence-corrected chi connectivity index (χ4v) is 4.31. The van der Waals surface area contributed by atoms with Crippen LogP contribution in [0.2, 0.25) is 0 Å². The molecule has 0 saturated carbocycles. The Morgan fingerprint density at radius 1 is 0.735 bits per heavy atom. The standard InChI is InChI=1S/C28H56N4O2/c1-3-5-7-9-12-16-21-27(22-17-13-10-8-6-4-2)34-28(33)23-18-14-11-15-19-24-30-25-20-26-31-32-29/h27,30H,3-26H2,1-2H3. The minimum atomic E-state index is 0.0173. The van der Waals surface area contributed by atoms with Crippen LogP contribution in [0.1, 0.15) is 149 Å². The first-order chi connectivity index (χ1) is 16.7. The molecule has 6 heteroatoms. The number of hydrogen-bond acceptors (Lipinski definition) is 4. The highest BCUT2D eigenvalue weighted by Gasteiger charge is 2.14. The van der Waals surface area contributed by atoms with Gasteiger partial charge in [0.1, 0.15) is 6.10 Å². The van der Waals surface area contributed by atoms with E-state index in [1.54, 1.807) is 0 Å². The number of carbonyl (C=O) groups is 1. The van der Waals surface area contributed by atoms with E-state index in [1.165, 1.54) is 89.9 Å². The molecular weight excluding hydrogens is 424 g/mol. The molecule has 0 radical (unpaired) electrons. The molecule has 0 aromatic carbocycles. The van der Waals surface area contributed by atoms with E-state index in [0.717, 1.165) is 51.6 Å². The topological polar surface area (TPSA) is 87.1 Å². The molecule has 0 heterocycles. The Bertz CT molecular complexity index is 465. The van der Waals surface area contributed by atoms with Gasteiger partial charge in [0.05, 0.1) is 0 Å². The third kappa shape index (κ3) is 25.4. The molecule has 6 nitrogen and oxygen atoms in total. The number of hydrogen-bond donors (Lipinski definition) is 1. The van der Waals surface area contributed by atoms with Crippen molar-refractivity contribution in [1.29, 1.82) is 0 Å².